The van der Waals surface area contributed by atoms with Crippen LogP contribution >= 0.6 is 0 Å². The highest BCUT2D eigenvalue weighted by molar-refractivity contribution is 6.06. The number of hydrogen-bond donors (Lipinski definition) is 1. The Bertz CT molecular complexity index is 1540. The third-order valence-electron chi connectivity index (χ3n) is 9.91. The molecule has 3 unspecified atom stereocenters. The van der Waals surface area contributed by atoms with Gasteiger partial charge in [0.1, 0.15) is 11.9 Å². The zero-order chi connectivity index (χ0) is 31.3. The average molecular weight is 601 g/mol. The normalized spacial score (nSPS) is 25.8. The molecule has 6 rings (SSSR count). The molecule has 9 heteroatoms. The fraction of sp³-hybridized carbons (Fsp3) is 0.486. The first kappa shape index (κ1) is 30.2. The lowest BCUT2D eigenvalue weighted by molar-refractivity contribution is -0.136. The van der Waals surface area contributed by atoms with Gasteiger partial charge in [-0.3, -0.25) is 29.4 Å². The predicted octanol–water partition coefficient (Wildman–Crippen LogP) is 4.79. The molecule has 232 valence electrons. The maximum atomic E-state index is 13.7. The molecule has 0 bridgehead atoms. The highest BCUT2D eigenvalue weighted by Gasteiger charge is 2.40. The Balaban J connectivity index is 1.15. The smallest absolute Gasteiger partial charge is 0.255 e. The summed E-state index contributed by atoms with van der Waals surface area (Å²) in [6.45, 7) is 11.2. The first-order chi connectivity index (χ1) is 20.9. The lowest BCUT2D eigenvalue weighted by Crippen LogP contribution is -2.58. The van der Waals surface area contributed by atoms with Crippen molar-refractivity contribution in [3.8, 4) is 0 Å². The highest BCUT2D eigenvalue weighted by Crippen LogP contribution is 2.43. The average Bonchev–Trinajstić information content (AvgIpc) is 3.30. The van der Waals surface area contributed by atoms with E-state index in [1.165, 1.54) is 16.0 Å². The van der Waals surface area contributed by atoms with Gasteiger partial charge >= 0.3 is 0 Å². The molecule has 2 aromatic carbocycles. The molecular weight excluding hydrogens is 559 g/mol. The molecule has 1 aliphatic carbocycles. The molecule has 3 atom stereocenters. The van der Waals surface area contributed by atoms with Gasteiger partial charge in [0.05, 0.1) is 0 Å². The first-order valence-electron chi connectivity index (χ1n) is 15.7. The summed E-state index contributed by atoms with van der Waals surface area (Å²) in [6.07, 6.45) is 3.57. The van der Waals surface area contributed by atoms with E-state index < -0.39 is 11.9 Å². The number of fused-ring (bicyclic) bond motifs is 1. The molecule has 1 N–H and O–H groups in total. The van der Waals surface area contributed by atoms with E-state index in [1.54, 1.807) is 30.3 Å². The summed E-state index contributed by atoms with van der Waals surface area (Å²) in [5.41, 5.74) is 5.76. The molecule has 2 aromatic rings. The van der Waals surface area contributed by atoms with Crippen LogP contribution in [0.15, 0.2) is 48.0 Å². The number of carbonyl (C=O) groups excluding carboxylic acids is 4. The molecule has 4 amide bonds. The quantitative estimate of drug-likeness (QED) is 0.499. The van der Waals surface area contributed by atoms with E-state index in [0.717, 1.165) is 36.9 Å². The van der Waals surface area contributed by atoms with Crippen LogP contribution in [0.4, 0.5) is 4.39 Å². The zero-order valence-electron chi connectivity index (χ0n) is 26.0. The van der Waals surface area contributed by atoms with Crippen LogP contribution in [0.25, 0.3) is 5.57 Å². The number of carbonyl (C=O) groups is 4. The van der Waals surface area contributed by atoms with Crippen molar-refractivity contribution >= 4 is 29.2 Å². The summed E-state index contributed by atoms with van der Waals surface area (Å²) in [4.78, 5) is 56.7. The maximum Gasteiger partial charge on any atom is 0.255 e. The van der Waals surface area contributed by atoms with Gasteiger partial charge in [0.25, 0.3) is 11.8 Å². The Kier molecular flexibility index (Phi) is 7.94. The zero-order valence-corrected chi connectivity index (χ0v) is 26.0. The fourth-order valence-electron chi connectivity index (χ4n) is 7.41. The first-order valence-corrected chi connectivity index (χ1v) is 15.7. The summed E-state index contributed by atoms with van der Waals surface area (Å²) in [7, 11) is 0. The van der Waals surface area contributed by atoms with Crippen LogP contribution in [0.2, 0.25) is 0 Å². The number of amides is 4. The van der Waals surface area contributed by atoms with Crippen LogP contribution in [0, 0.1) is 11.2 Å². The van der Waals surface area contributed by atoms with Crippen LogP contribution in [-0.2, 0) is 16.1 Å². The number of nitrogens with zero attached hydrogens (tertiary/aromatic N) is 3. The Labute approximate surface area is 258 Å². The van der Waals surface area contributed by atoms with E-state index in [0.29, 0.717) is 30.6 Å². The number of benzene rings is 2. The van der Waals surface area contributed by atoms with Gasteiger partial charge in [0, 0.05) is 55.8 Å². The van der Waals surface area contributed by atoms with Gasteiger partial charge < -0.3 is 9.80 Å². The SMILES string of the molecule is CC1CN(C(=O)c2ccc3c(c2)CN(C2CCC(=O)NC2=O)C3=O)CC(C)N1CC1=C(c2ccc(F)cc2)CC(C)(C)CC1. The summed E-state index contributed by atoms with van der Waals surface area (Å²) in [6, 6.07) is 11.6. The third kappa shape index (κ3) is 5.82. The van der Waals surface area contributed by atoms with Crippen LogP contribution in [0.1, 0.15) is 91.6 Å². The van der Waals surface area contributed by atoms with Gasteiger partial charge in [-0.25, -0.2) is 4.39 Å². The van der Waals surface area contributed by atoms with Crippen molar-refractivity contribution in [2.45, 2.75) is 84.5 Å². The molecular formula is C35H41FN4O4. The molecule has 2 saturated heterocycles. The molecule has 2 fully saturated rings. The number of hydrogen-bond acceptors (Lipinski definition) is 5. The standard InChI is InChI=1S/C35H41FN4O4/c1-21-17-38(18-22(2)39(21)19-25-13-14-35(3,4)16-29(25)23-5-8-27(36)9-6-23)33(43)24-7-10-28-26(15-24)20-40(34(28)44)30-11-12-31(41)37-32(30)42/h5-10,15,21-22,30H,11-14,16-20H2,1-4H3,(H,37,41,42). The number of rotatable bonds is 5. The minimum absolute atomic E-state index is 0.0660. The van der Waals surface area contributed by atoms with Gasteiger partial charge in [-0.15, -0.1) is 0 Å². The molecule has 8 nitrogen and oxygen atoms in total. The van der Waals surface area contributed by atoms with Gasteiger partial charge in [-0.05, 0) is 92.0 Å². The molecule has 3 heterocycles. The fourth-order valence-corrected chi connectivity index (χ4v) is 7.41. The Morgan fingerprint density at radius 1 is 1.00 bits per heavy atom. The van der Waals surface area contributed by atoms with Crippen molar-refractivity contribution < 1.29 is 23.6 Å². The van der Waals surface area contributed by atoms with E-state index in [9.17, 15) is 23.6 Å². The monoisotopic (exact) mass is 600 g/mol. The molecule has 0 radical (unpaired) electrons. The van der Waals surface area contributed by atoms with E-state index in [4.69, 9.17) is 0 Å². The van der Waals surface area contributed by atoms with Crippen molar-refractivity contribution in [3.05, 3.63) is 76.1 Å². The molecule has 0 spiro atoms. The van der Waals surface area contributed by atoms with Gasteiger partial charge in [-0.1, -0.05) is 31.6 Å². The van der Waals surface area contributed by atoms with Crippen LogP contribution in [0.5, 0.6) is 0 Å². The van der Waals surface area contributed by atoms with E-state index >= 15 is 0 Å². The number of piperazine rings is 1. The molecule has 4 aliphatic rings. The lowest BCUT2D eigenvalue weighted by Gasteiger charge is -2.46. The number of halogens is 1. The topological polar surface area (TPSA) is 90.0 Å². The largest absolute Gasteiger partial charge is 0.336 e. The number of piperidine rings is 1. The number of imide groups is 1. The highest BCUT2D eigenvalue weighted by atomic mass is 19.1. The second-order valence-electron chi connectivity index (χ2n) is 13.8. The van der Waals surface area contributed by atoms with E-state index in [-0.39, 0.29) is 54.0 Å². The van der Waals surface area contributed by atoms with Crippen LogP contribution in [-0.4, -0.2) is 76.1 Å². The molecule has 0 saturated carbocycles. The Morgan fingerprint density at radius 3 is 2.39 bits per heavy atom. The summed E-state index contributed by atoms with van der Waals surface area (Å²) in [5.74, 6) is -1.30. The molecule has 0 aromatic heterocycles. The number of nitrogens with one attached hydrogen (secondary N) is 1. The minimum atomic E-state index is -0.685. The summed E-state index contributed by atoms with van der Waals surface area (Å²) in [5, 5.41) is 2.33. The maximum absolute atomic E-state index is 13.7. The van der Waals surface area contributed by atoms with Crippen molar-refractivity contribution in [2.24, 2.45) is 5.41 Å². The van der Waals surface area contributed by atoms with Gasteiger partial charge in [0.2, 0.25) is 11.8 Å². The van der Waals surface area contributed by atoms with Crippen LogP contribution < -0.4 is 5.32 Å². The van der Waals surface area contributed by atoms with Crippen molar-refractivity contribution in [3.63, 3.8) is 0 Å². The van der Waals surface area contributed by atoms with Crippen LogP contribution in [0.3, 0.4) is 0 Å². The Morgan fingerprint density at radius 2 is 1.70 bits per heavy atom. The lowest BCUT2D eigenvalue weighted by atomic mass is 9.72. The minimum Gasteiger partial charge on any atom is -0.336 e. The predicted molar refractivity (Wildman–Crippen MR) is 165 cm³/mol. The molecule has 3 aliphatic heterocycles. The van der Waals surface area contributed by atoms with E-state index in [1.807, 2.05) is 17.0 Å². The van der Waals surface area contributed by atoms with E-state index in [2.05, 4.69) is 37.9 Å². The van der Waals surface area contributed by atoms with Gasteiger partial charge in [0.15, 0.2) is 0 Å². The van der Waals surface area contributed by atoms with Crippen molar-refractivity contribution in [2.75, 3.05) is 19.6 Å². The second kappa shape index (κ2) is 11.6. The van der Waals surface area contributed by atoms with Gasteiger partial charge in [-0.2, -0.15) is 0 Å². The van der Waals surface area contributed by atoms with Crippen molar-refractivity contribution in [1.29, 1.82) is 0 Å². The second-order valence-corrected chi connectivity index (χ2v) is 13.8. The van der Waals surface area contributed by atoms with Crippen molar-refractivity contribution in [1.82, 2.24) is 20.0 Å². The summed E-state index contributed by atoms with van der Waals surface area (Å²) >= 11 is 0. The Hall–Kier alpha value is -3.85. The summed E-state index contributed by atoms with van der Waals surface area (Å²) < 4.78 is 13.7. The molecule has 44 heavy (non-hydrogen) atoms. The third-order valence-corrected chi connectivity index (χ3v) is 9.91. The number of allylic oxidation sites excluding steroid dienone is 1.